The summed E-state index contributed by atoms with van der Waals surface area (Å²) in [5, 5.41) is 0. The first-order valence-electron chi connectivity index (χ1n) is 7.18. The quantitative estimate of drug-likeness (QED) is 0.817. The monoisotopic (exact) mass is 253 g/mol. The lowest BCUT2D eigenvalue weighted by Gasteiger charge is -2.12. The maximum atomic E-state index is 6.27. The maximum absolute atomic E-state index is 6.27. The molecule has 0 aromatic heterocycles. The van der Waals surface area contributed by atoms with Crippen molar-refractivity contribution in [3.05, 3.63) is 71.3 Å². The number of benzene rings is 2. The van der Waals surface area contributed by atoms with Gasteiger partial charge >= 0.3 is 0 Å². The van der Waals surface area contributed by atoms with Crippen molar-refractivity contribution in [3.63, 3.8) is 0 Å². The second kappa shape index (κ2) is 7.10. The van der Waals surface area contributed by atoms with Crippen LogP contribution in [0.25, 0.3) is 0 Å². The van der Waals surface area contributed by atoms with Crippen LogP contribution < -0.4 is 5.73 Å². The van der Waals surface area contributed by atoms with Crippen LogP contribution in [-0.2, 0) is 12.8 Å². The van der Waals surface area contributed by atoms with E-state index < -0.39 is 0 Å². The summed E-state index contributed by atoms with van der Waals surface area (Å²) in [6, 6.07) is 19.5. The van der Waals surface area contributed by atoms with Gasteiger partial charge in [-0.15, -0.1) is 0 Å². The van der Waals surface area contributed by atoms with E-state index in [1.807, 2.05) is 0 Å². The molecule has 0 saturated carbocycles. The number of aryl methyl sites for hydroxylation is 2. The summed E-state index contributed by atoms with van der Waals surface area (Å²) in [5.74, 6) is 0. The van der Waals surface area contributed by atoms with Gasteiger partial charge < -0.3 is 5.73 Å². The molecule has 0 aliphatic carbocycles. The van der Waals surface area contributed by atoms with Gasteiger partial charge in [-0.2, -0.15) is 0 Å². The Bertz CT molecular complexity index is 473. The molecule has 2 N–H and O–H groups in total. The third kappa shape index (κ3) is 4.22. The van der Waals surface area contributed by atoms with Crippen LogP contribution >= 0.6 is 0 Å². The molecule has 0 saturated heterocycles. The molecule has 1 unspecified atom stereocenters. The van der Waals surface area contributed by atoms with Crippen molar-refractivity contribution in [2.75, 3.05) is 0 Å². The molecule has 100 valence electrons. The van der Waals surface area contributed by atoms with E-state index in [0.717, 1.165) is 19.3 Å². The highest BCUT2D eigenvalue weighted by Gasteiger charge is 2.06. The number of hydrogen-bond donors (Lipinski definition) is 1. The zero-order chi connectivity index (χ0) is 13.5. The zero-order valence-corrected chi connectivity index (χ0v) is 11.7. The smallest absolute Gasteiger partial charge is 0.0298 e. The number of nitrogens with two attached hydrogens (primary N) is 1. The first-order valence-corrected chi connectivity index (χ1v) is 7.18. The van der Waals surface area contributed by atoms with Crippen molar-refractivity contribution in [1.82, 2.24) is 0 Å². The minimum Gasteiger partial charge on any atom is -0.324 e. The third-order valence-electron chi connectivity index (χ3n) is 3.53. The van der Waals surface area contributed by atoms with Gasteiger partial charge in [0.1, 0.15) is 0 Å². The standard InChI is InChI=1S/C18H23N/c1-2-6-15-9-12-17(13-10-15)18(19)14-11-16-7-4-3-5-8-16/h3-5,7-10,12-13,18H,2,6,11,14,19H2,1H3. The predicted molar refractivity (Wildman–Crippen MR) is 82.1 cm³/mol. The molecule has 0 aliphatic rings. The summed E-state index contributed by atoms with van der Waals surface area (Å²) in [6.45, 7) is 2.21. The van der Waals surface area contributed by atoms with Crippen molar-refractivity contribution in [2.45, 2.75) is 38.6 Å². The van der Waals surface area contributed by atoms with Crippen molar-refractivity contribution < 1.29 is 0 Å². The summed E-state index contributed by atoms with van der Waals surface area (Å²) in [5.41, 5.74) is 10.3. The van der Waals surface area contributed by atoms with Crippen LogP contribution in [0.2, 0.25) is 0 Å². The van der Waals surface area contributed by atoms with Crippen LogP contribution in [0.15, 0.2) is 54.6 Å². The Morgan fingerprint density at radius 2 is 1.47 bits per heavy atom. The van der Waals surface area contributed by atoms with Gasteiger partial charge in [-0.3, -0.25) is 0 Å². The number of hydrogen-bond acceptors (Lipinski definition) is 1. The topological polar surface area (TPSA) is 26.0 Å². The second-order valence-electron chi connectivity index (χ2n) is 5.12. The highest BCUT2D eigenvalue weighted by Crippen LogP contribution is 2.18. The molecule has 1 atom stereocenters. The fraction of sp³-hybridized carbons (Fsp3) is 0.333. The van der Waals surface area contributed by atoms with Gasteiger partial charge in [-0.25, -0.2) is 0 Å². The first kappa shape index (κ1) is 13.8. The summed E-state index contributed by atoms with van der Waals surface area (Å²) >= 11 is 0. The van der Waals surface area contributed by atoms with Gasteiger partial charge in [-0.1, -0.05) is 67.9 Å². The molecule has 0 fully saturated rings. The van der Waals surface area contributed by atoms with Crippen LogP contribution in [0.4, 0.5) is 0 Å². The van der Waals surface area contributed by atoms with E-state index in [0.29, 0.717) is 0 Å². The Morgan fingerprint density at radius 1 is 0.842 bits per heavy atom. The molecule has 2 rings (SSSR count). The lowest BCUT2D eigenvalue weighted by molar-refractivity contribution is 0.651. The van der Waals surface area contributed by atoms with E-state index in [2.05, 4.69) is 61.5 Å². The average Bonchev–Trinajstić information content (AvgIpc) is 2.47. The lowest BCUT2D eigenvalue weighted by atomic mass is 9.98. The molecule has 0 spiro atoms. The van der Waals surface area contributed by atoms with Gasteiger partial charge in [0.25, 0.3) is 0 Å². The Hall–Kier alpha value is -1.60. The van der Waals surface area contributed by atoms with E-state index in [9.17, 15) is 0 Å². The van der Waals surface area contributed by atoms with E-state index >= 15 is 0 Å². The van der Waals surface area contributed by atoms with Crippen LogP contribution in [0.3, 0.4) is 0 Å². The molecular formula is C18H23N. The van der Waals surface area contributed by atoms with Gasteiger partial charge in [0.05, 0.1) is 0 Å². The van der Waals surface area contributed by atoms with Gasteiger partial charge in [-0.05, 0) is 36.0 Å². The average molecular weight is 253 g/mol. The highest BCUT2D eigenvalue weighted by atomic mass is 14.6. The zero-order valence-electron chi connectivity index (χ0n) is 11.7. The molecule has 0 radical (unpaired) electrons. The van der Waals surface area contributed by atoms with E-state index in [-0.39, 0.29) is 6.04 Å². The summed E-state index contributed by atoms with van der Waals surface area (Å²) in [6.07, 6.45) is 4.38. The third-order valence-corrected chi connectivity index (χ3v) is 3.53. The molecule has 0 aliphatic heterocycles. The minimum atomic E-state index is 0.135. The van der Waals surface area contributed by atoms with Crippen molar-refractivity contribution in [1.29, 1.82) is 0 Å². The maximum Gasteiger partial charge on any atom is 0.0298 e. The molecular weight excluding hydrogens is 230 g/mol. The Balaban J connectivity index is 1.90. The van der Waals surface area contributed by atoms with Crippen LogP contribution in [0.1, 0.15) is 42.5 Å². The van der Waals surface area contributed by atoms with Crippen molar-refractivity contribution >= 4 is 0 Å². The van der Waals surface area contributed by atoms with E-state index in [1.54, 1.807) is 0 Å². The largest absolute Gasteiger partial charge is 0.324 e. The minimum absolute atomic E-state index is 0.135. The Kier molecular flexibility index (Phi) is 5.17. The van der Waals surface area contributed by atoms with Crippen LogP contribution in [-0.4, -0.2) is 0 Å². The molecule has 0 bridgehead atoms. The fourth-order valence-electron chi connectivity index (χ4n) is 2.35. The van der Waals surface area contributed by atoms with Gasteiger partial charge in [0.2, 0.25) is 0 Å². The van der Waals surface area contributed by atoms with Crippen LogP contribution in [0.5, 0.6) is 0 Å². The highest BCUT2D eigenvalue weighted by molar-refractivity contribution is 5.25. The summed E-state index contributed by atoms with van der Waals surface area (Å²) in [4.78, 5) is 0. The Morgan fingerprint density at radius 3 is 2.11 bits per heavy atom. The molecule has 2 aromatic rings. The van der Waals surface area contributed by atoms with Crippen molar-refractivity contribution in [3.8, 4) is 0 Å². The number of rotatable bonds is 6. The normalized spacial score (nSPS) is 12.3. The molecule has 0 heterocycles. The molecule has 0 amide bonds. The van der Waals surface area contributed by atoms with Gasteiger partial charge in [0.15, 0.2) is 0 Å². The van der Waals surface area contributed by atoms with Crippen LogP contribution in [0, 0.1) is 0 Å². The van der Waals surface area contributed by atoms with Crippen molar-refractivity contribution in [2.24, 2.45) is 5.73 Å². The fourth-order valence-corrected chi connectivity index (χ4v) is 2.35. The second-order valence-corrected chi connectivity index (χ2v) is 5.12. The SMILES string of the molecule is CCCc1ccc(C(N)CCc2ccccc2)cc1. The first-order chi connectivity index (χ1) is 9.29. The Labute approximate surface area is 116 Å². The summed E-state index contributed by atoms with van der Waals surface area (Å²) in [7, 11) is 0. The van der Waals surface area contributed by atoms with E-state index in [4.69, 9.17) is 5.73 Å². The predicted octanol–water partition coefficient (Wildman–Crippen LogP) is 4.27. The van der Waals surface area contributed by atoms with Gasteiger partial charge in [0, 0.05) is 6.04 Å². The molecule has 2 aromatic carbocycles. The molecule has 19 heavy (non-hydrogen) atoms. The summed E-state index contributed by atoms with van der Waals surface area (Å²) < 4.78 is 0. The lowest BCUT2D eigenvalue weighted by Crippen LogP contribution is -2.11. The molecule has 1 nitrogen and oxygen atoms in total. The molecule has 1 heteroatoms. The van der Waals surface area contributed by atoms with E-state index in [1.165, 1.54) is 23.1 Å².